The van der Waals surface area contributed by atoms with E-state index < -0.39 is 21.9 Å². The van der Waals surface area contributed by atoms with E-state index in [2.05, 4.69) is 4.98 Å². The molecule has 0 radical (unpaired) electrons. The van der Waals surface area contributed by atoms with Crippen LogP contribution in [0.5, 0.6) is 0 Å². The summed E-state index contributed by atoms with van der Waals surface area (Å²) in [6.45, 7) is 0.0898. The first kappa shape index (κ1) is 14.4. The molecule has 2 heterocycles. The number of pyridine rings is 1. The predicted molar refractivity (Wildman–Crippen MR) is 69.6 cm³/mol. The predicted octanol–water partition coefficient (Wildman–Crippen LogP) is -0.579. The summed E-state index contributed by atoms with van der Waals surface area (Å²) in [6, 6.07) is 2.79. The number of nitrogens with zero attached hydrogens (tertiary/aromatic N) is 2. The van der Waals surface area contributed by atoms with E-state index in [1.165, 1.54) is 23.2 Å². The van der Waals surface area contributed by atoms with Gasteiger partial charge in [-0.25, -0.2) is 23.3 Å². The summed E-state index contributed by atoms with van der Waals surface area (Å²) < 4.78 is 22.1. The zero-order valence-electron chi connectivity index (χ0n) is 10.4. The van der Waals surface area contributed by atoms with Crippen LogP contribution in [0.2, 0.25) is 0 Å². The number of rotatable bonds is 4. The minimum Gasteiger partial charge on any atom is -0.478 e. The summed E-state index contributed by atoms with van der Waals surface area (Å²) in [4.78, 5) is 28.1. The Bertz CT molecular complexity index is 658. The van der Waals surface area contributed by atoms with Crippen molar-refractivity contribution in [3.8, 4) is 0 Å². The standard InChI is InChI=1S/C11H13N3O5S/c12-20(18,19)6-7-4-9(15)14(5-7)10-8(11(16)17)2-1-3-13-10/h1-3,7H,4-6H2,(H,16,17)(H2,12,18,19). The largest absolute Gasteiger partial charge is 0.478 e. The highest BCUT2D eigenvalue weighted by Crippen LogP contribution is 2.26. The van der Waals surface area contributed by atoms with E-state index in [4.69, 9.17) is 10.2 Å². The van der Waals surface area contributed by atoms with E-state index in [0.29, 0.717) is 0 Å². The molecule has 0 aliphatic carbocycles. The maximum absolute atomic E-state index is 11.9. The van der Waals surface area contributed by atoms with Gasteiger partial charge in [0.2, 0.25) is 15.9 Å². The van der Waals surface area contributed by atoms with E-state index in [1.54, 1.807) is 0 Å². The molecule has 3 N–H and O–H groups in total. The Morgan fingerprint density at radius 1 is 1.55 bits per heavy atom. The monoisotopic (exact) mass is 299 g/mol. The minimum absolute atomic E-state index is 0.00602. The molecule has 1 aliphatic rings. The number of amides is 1. The van der Waals surface area contributed by atoms with Gasteiger partial charge in [0.05, 0.1) is 5.75 Å². The molecule has 8 nitrogen and oxygen atoms in total. The second kappa shape index (κ2) is 5.17. The number of nitrogens with two attached hydrogens (primary N) is 1. The third kappa shape index (κ3) is 3.11. The van der Waals surface area contributed by atoms with E-state index in [1.807, 2.05) is 0 Å². The fourth-order valence-corrected chi connectivity index (χ4v) is 3.09. The molecule has 1 aromatic rings. The van der Waals surface area contributed by atoms with Gasteiger partial charge >= 0.3 is 5.97 Å². The van der Waals surface area contributed by atoms with E-state index in [0.717, 1.165) is 0 Å². The molecule has 0 saturated carbocycles. The lowest BCUT2D eigenvalue weighted by Gasteiger charge is -2.17. The molecule has 1 aromatic heterocycles. The number of anilines is 1. The van der Waals surface area contributed by atoms with Crippen molar-refractivity contribution in [2.45, 2.75) is 6.42 Å². The molecule has 20 heavy (non-hydrogen) atoms. The van der Waals surface area contributed by atoms with Gasteiger partial charge in [0, 0.05) is 25.1 Å². The average molecular weight is 299 g/mol. The first-order chi connectivity index (χ1) is 9.28. The van der Waals surface area contributed by atoms with Crippen LogP contribution in [0, 0.1) is 5.92 Å². The summed E-state index contributed by atoms with van der Waals surface area (Å²) in [5.41, 5.74) is -0.0999. The number of hydrogen-bond acceptors (Lipinski definition) is 5. The molecule has 9 heteroatoms. The lowest BCUT2D eigenvalue weighted by molar-refractivity contribution is -0.117. The van der Waals surface area contributed by atoms with E-state index >= 15 is 0 Å². The van der Waals surface area contributed by atoms with Crippen molar-refractivity contribution < 1.29 is 23.1 Å². The van der Waals surface area contributed by atoms with Gasteiger partial charge < -0.3 is 5.11 Å². The van der Waals surface area contributed by atoms with Crippen LogP contribution in [-0.2, 0) is 14.8 Å². The fraction of sp³-hybridized carbons (Fsp3) is 0.364. The van der Waals surface area contributed by atoms with Crippen molar-refractivity contribution in [2.75, 3.05) is 17.2 Å². The lowest BCUT2D eigenvalue weighted by atomic mass is 10.1. The van der Waals surface area contributed by atoms with Gasteiger partial charge in [-0.1, -0.05) is 0 Å². The number of carbonyl (C=O) groups is 2. The Hall–Kier alpha value is -2.00. The molecule has 0 spiro atoms. The van der Waals surface area contributed by atoms with Crippen LogP contribution in [0.3, 0.4) is 0 Å². The maximum atomic E-state index is 11.9. The summed E-state index contributed by atoms with van der Waals surface area (Å²) in [7, 11) is -3.68. The van der Waals surface area contributed by atoms with Crippen LogP contribution in [-0.4, -0.2) is 42.7 Å². The quantitative estimate of drug-likeness (QED) is 0.765. The molecule has 1 fully saturated rings. The SMILES string of the molecule is NS(=O)(=O)CC1CC(=O)N(c2ncccc2C(=O)O)C1. The molecule has 1 unspecified atom stereocenters. The smallest absolute Gasteiger partial charge is 0.339 e. The van der Waals surface area contributed by atoms with Gasteiger partial charge in [-0.3, -0.25) is 9.69 Å². The highest BCUT2D eigenvalue weighted by atomic mass is 32.2. The Morgan fingerprint density at radius 3 is 2.85 bits per heavy atom. The molecule has 0 aromatic carbocycles. The van der Waals surface area contributed by atoms with Crippen molar-refractivity contribution in [2.24, 2.45) is 11.1 Å². The Morgan fingerprint density at radius 2 is 2.25 bits per heavy atom. The number of primary sulfonamides is 1. The summed E-state index contributed by atoms with van der Waals surface area (Å²) in [5.74, 6) is -2.30. The van der Waals surface area contributed by atoms with Gasteiger partial charge in [0.25, 0.3) is 0 Å². The van der Waals surface area contributed by atoms with Gasteiger partial charge in [0.15, 0.2) is 0 Å². The second-order valence-corrected chi connectivity index (χ2v) is 6.24. The maximum Gasteiger partial charge on any atom is 0.339 e. The first-order valence-corrected chi connectivity index (χ1v) is 7.48. The zero-order valence-corrected chi connectivity index (χ0v) is 11.2. The lowest BCUT2D eigenvalue weighted by Crippen LogP contribution is -2.29. The summed E-state index contributed by atoms with van der Waals surface area (Å²) in [6.07, 6.45) is 1.38. The number of carboxylic acid groups (broad SMARTS) is 1. The van der Waals surface area contributed by atoms with Gasteiger partial charge in [0.1, 0.15) is 11.4 Å². The Balaban J connectivity index is 2.27. The number of carboxylic acids is 1. The van der Waals surface area contributed by atoms with E-state index in [-0.39, 0.29) is 36.0 Å². The van der Waals surface area contributed by atoms with Crippen LogP contribution >= 0.6 is 0 Å². The number of sulfonamides is 1. The van der Waals surface area contributed by atoms with Crippen LogP contribution in [0.1, 0.15) is 16.8 Å². The van der Waals surface area contributed by atoms with Crippen LogP contribution in [0.25, 0.3) is 0 Å². The number of aromatic carboxylic acids is 1. The van der Waals surface area contributed by atoms with Crippen molar-refractivity contribution in [1.29, 1.82) is 0 Å². The second-order valence-electron chi connectivity index (χ2n) is 4.58. The molecule has 0 bridgehead atoms. The summed E-state index contributed by atoms with van der Waals surface area (Å²) >= 11 is 0. The van der Waals surface area contributed by atoms with Crippen LogP contribution in [0.15, 0.2) is 18.3 Å². The minimum atomic E-state index is -3.68. The summed E-state index contributed by atoms with van der Waals surface area (Å²) in [5, 5.41) is 14.0. The number of carbonyl (C=O) groups excluding carboxylic acids is 1. The van der Waals surface area contributed by atoms with Crippen molar-refractivity contribution in [1.82, 2.24) is 4.98 Å². The third-order valence-electron chi connectivity index (χ3n) is 2.95. The molecular formula is C11H13N3O5S. The van der Waals surface area contributed by atoms with Crippen LogP contribution < -0.4 is 10.0 Å². The van der Waals surface area contributed by atoms with Gasteiger partial charge in [-0.05, 0) is 12.1 Å². The number of hydrogen-bond donors (Lipinski definition) is 2. The van der Waals surface area contributed by atoms with E-state index in [9.17, 15) is 18.0 Å². The van der Waals surface area contributed by atoms with Crippen LogP contribution in [0.4, 0.5) is 5.82 Å². The first-order valence-electron chi connectivity index (χ1n) is 5.77. The zero-order chi connectivity index (χ0) is 14.9. The molecular weight excluding hydrogens is 286 g/mol. The van der Waals surface area contributed by atoms with Crippen molar-refractivity contribution >= 4 is 27.7 Å². The molecule has 2 rings (SSSR count). The average Bonchev–Trinajstić information content (AvgIpc) is 2.67. The van der Waals surface area contributed by atoms with Crippen molar-refractivity contribution in [3.63, 3.8) is 0 Å². The number of aromatic nitrogens is 1. The normalized spacial score (nSPS) is 19.4. The highest BCUT2D eigenvalue weighted by Gasteiger charge is 2.35. The Kier molecular flexibility index (Phi) is 3.73. The highest BCUT2D eigenvalue weighted by molar-refractivity contribution is 7.89. The molecule has 1 amide bonds. The molecule has 108 valence electrons. The van der Waals surface area contributed by atoms with Crippen molar-refractivity contribution in [3.05, 3.63) is 23.9 Å². The fourth-order valence-electron chi connectivity index (χ4n) is 2.21. The van der Waals surface area contributed by atoms with Gasteiger partial charge in [-0.15, -0.1) is 0 Å². The Labute approximate surface area is 115 Å². The van der Waals surface area contributed by atoms with Gasteiger partial charge in [-0.2, -0.15) is 0 Å². The molecule has 1 saturated heterocycles. The molecule has 1 aliphatic heterocycles. The third-order valence-corrected chi connectivity index (χ3v) is 3.88. The molecule has 1 atom stereocenters. The topological polar surface area (TPSA) is 131 Å².